The minimum Gasteiger partial charge on any atom is -0.486 e. The molecule has 4 saturated carbocycles. The summed E-state index contributed by atoms with van der Waals surface area (Å²) in [7, 11) is 1.63. The van der Waals surface area contributed by atoms with Crippen LogP contribution in [-0.2, 0) is 16.0 Å². The first kappa shape index (κ1) is 16.6. The molecule has 1 aromatic carbocycles. The monoisotopic (exact) mass is 341 g/mol. The van der Waals surface area contributed by atoms with Crippen molar-refractivity contribution < 1.29 is 14.3 Å². The SMILES string of the molecule is CNC(=O)Cc1ccc(OCC(=O)C23CC4CC(CC(C4)C2)C3)cc1. The maximum Gasteiger partial charge on any atom is 0.224 e. The number of rotatable bonds is 6. The number of hydrogen-bond acceptors (Lipinski definition) is 3. The lowest BCUT2D eigenvalue weighted by Gasteiger charge is -2.55. The molecule has 4 nitrogen and oxygen atoms in total. The molecule has 0 spiro atoms. The van der Waals surface area contributed by atoms with Crippen molar-refractivity contribution in [1.82, 2.24) is 5.32 Å². The predicted molar refractivity (Wildman–Crippen MR) is 95.3 cm³/mol. The second kappa shape index (κ2) is 6.47. The molecule has 0 saturated heterocycles. The summed E-state index contributed by atoms with van der Waals surface area (Å²) < 4.78 is 5.79. The summed E-state index contributed by atoms with van der Waals surface area (Å²) >= 11 is 0. The van der Waals surface area contributed by atoms with E-state index in [1.54, 1.807) is 7.05 Å². The Morgan fingerprint density at radius 3 is 2.12 bits per heavy atom. The summed E-state index contributed by atoms with van der Waals surface area (Å²) in [6.07, 6.45) is 7.67. The number of nitrogens with one attached hydrogen (secondary N) is 1. The molecule has 0 heterocycles. The summed E-state index contributed by atoms with van der Waals surface area (Å²) in [6.45, 7) is 0.182. The highest BCUT2D eigenvalue weighted by atomic mass is 16.5. The van der Waals surface area contributed by atoms with Crippen LogP contribution in [0.5, 0.6) is 5.75 Å². The smallest absolute Gasteiger partial charge is 0.224 e. The normalized spacial score (nSPS) is 32.4. The van der Waals surface area contributed by atoms with Crippen molar-refractivity contribution in [1.29, 1.82) is 0 Å². The lowest BCUT2D eigenvalue weighted by molar-refractivity contribution is -0.146. The standard InChI is InChI=1S/C21H27NO3/c1-22-20(24)9-14-2-4-18(5-3-14)25-13-19(23)21-10-15-6-16(11-21)8-17(7-15)12-21/h2-5,15-17H,6-13H2,1H3,(H,22,24). The molecule has 0 atom stereocenters. The van der Waals surface area contributed by atoms with Gasteiger partial charge in [0.05, 0.1) is 6.42 Å². The van der Waals surface area contributed by atoms with Crippen molar-refractivity contribution >= 4 is 11.7 Å². The van der Waals surface area contributed by atoms with Crippen LogP contribution in [0.1, 0.15) is 44.1 Å². The molecule has 25 heavy (non-hydrogen) atoms. The van der Waals surface area contributed by atoms with Gasteiger partial charge in [-0.2, -0.15) is 0 Å². The van der Waals surface area contributed by atoms with Crippen LogP contribution in [0.3, 0.4) is 0 Å². The molecular formula is C21H27NO3. The number of carbonyl (C=O) groups is 2. The van der Waals surface area contributed by atoms with Gasteiger partial charge in [-0.15, -0.1) is 0 Å². The fourth-order valence-electron chi connectivity index (χ4n) is 5.73. The Kier molecular flexibility index (Phi) is 4.30. The minimum absolute atomic E-state index is 0.00865. The average molecular weight is 341 g/mol. The van der Waals surface area contributed by atoms with Crippen LogP contribution < -0.4 is 10.1 Å². The van der Waals surface area contributed by atoms with Crippen LogP contribution in [0.15, 0.2) is 24.3 Å². The Morgan fingerprint density at radius 2 is 1.60 bits per heavy atom. The molecule has 0 unspecified atom stereocenters. The molecular weight excluding hydrogens is 314 g/mol. The first-order valence-corrected chi connectivity index (χ1v) is 9.52. The Hall–Kier alpha value is -1.84. The second-order valence-electron chi connectivity index (χ2n) is 8.40. The van der Waals surface area contributed by atoms with Gasteiger partial charge in [-0.05, 0) is 74.0 Å². The van der Waals surface area contributed by atoms with Crippen molar-refractivity contribution in [2.75, 3.05) is 13.7 Å². The van der Waals surface area contributed by atoms with Crippen LogP contribution in [0.2, 0.25) is 0 Å². The zero-order valence-electron chi connectivity index (χ0n) is 14.9. The van der Waals surface area contributed by atoms with Gasteiger partial charge >= 0.3 is 0 Å². The van der Waals surface area contributed by atoms with E-state index in [9.17, 15) is 9.59 Å². The molecule has 0 aromatic heterocycles. The van der Waals surface area contributed by atoms with Gasteiger partial charge in [-0.3, -0.25) is 9.59 Å². The van der Waals surface area contributed by atoms with E-state index in [2.05, 4.69) is 5.32 Å². The maximum atomic E-state index is 12.9. The zero-order chi connectivity index (χ0) is 17.4. The molecule has 0 aliphatic heterocycles. The molecule has 4 heteroatoms. The highest BCUT2D eigenvalue weighted by molar-refractivity contribution is 5.86. The molecule has 1 N–H and O–H groups in total. The first-order valence-electron chi connectivity index (χ1n) is 9.52. The first-order chi connectivity index (χ1) is 12.1. The van der Waals surface area contributed by atoms with Crippen molar-refractivity contribution in [2.24, 2.45) is 23.2 Å². The number of hydrogen-bond donors (Lipinski definition) is 1. The summed E-state index contributed by atoms with van der Waals surface area (Å²) in [4.78, 5) is 24.3. The van der Waals surface area contributed by atoms with Gasteiger partial charge in [0.1, 0.15) is 12.4 Å². The molecule has 4 bridgehead atoms. The van der Waals surface area contributed by atoms with E-state index in [-0.39, 0.29) is 17.9 Å². The molecule has 4 aliphatic carbocycles. The van der Waals surface area contributed by atoms with Crippen LogP contribution in [0.4, 0.5) is 0 Å². The zero-order valence-corrected chi connectivity index (χ0v) is 14.9. The van der Waals surface area contributed by atoms with Crippen molar-refractivity contribution in [3.05, 3.63) is 29.8 Å². The van der Waals surface area contributed by atoms with Crippen LogP contribution in [-0.4, -0.2) is 25.3 Å². The molecule has 1 aromatic rings. The van der Waals surface area contributed by atoms with Crippen molar-refractivity contribution in [3.8, 4) is 5.75 Å². The Morgan fingerprint density at radius 1 is 1.04 bits per heavy atom. The van der Waals surface area contributed by atoms with Gasteiger partial charge in [0.15, 0.2) is 5.78 Å². The Labute approximate surface area is 149 Å². The number of ketones is 1. The van der Waals surface area contributed by atoms with E-state index < -0.39 is 0 Å². The number of benzene rings is 1. The molecule has 4 fully saturated rings. The number of amides is 1. The topological polar surface area (TPSA) is 55.4 Å². The van der Waals surface area contributed by atoms with E-state index in [4.69, 9.17) is 4.74 Å². The van der Waals surface area contributed by atoms with Gasteiger partial charge in [0.2, 0.25) is 5.91 Å². The van der Waals surface area contributed by atoms with Crippen LogP contribution in [0, 0.1) is 23.2 Å². The van der Waals surface area contributed by atoms with E-state index in [1.165, 1.54) is 19.3 Å². The van der Waals surface area contributed by atoms with Gasteiger partial charge in [0.25, 0.3) is 0 Å². The van der Waals surface area contributed by atoms with E-state index in [0.29, 0.717) is 18.0 Å². The fourth-order valence-corrected chi connectivity index (χ4v) is 5.73. The predicted octanol–water partition coefficient (Wildman–Crippen LogP) is 3.14. The summed E-state index contributed by atoms with van der Waals surface area (Å²) in [5, 5.41) is 2.62. The van der Waals surface area contributed by atoms with Crippen LogP contribution >= 0.6 is 0 Å². The molecule has 0 radical (unpaired) electrons. The maximum absolute atomic E-state index is 12.9. The second-order valence-corrected chi connectivity index (χ2v) is 8.40. The van der Waals surface area contributed by atoms with E-state index in [0.717, 1.165) is 42.6 Å². The fraction of sp³-hybridized carbons (Fsp3) is 0.619. The van der Waals surface area contributed by atoms with Gasteiger partial charge in [0, 0.05) is 12.5 Å². The quantitative estimate of drug-likeness (QED) is 0.865. The molecule has 5 rings (SSSR count). The van der Waals surface area contributed by atoms with E-state index in [1.807, 2.05) is 24.3 Å². The molecule has 1 amide bonds. The Balaban J connectivity index is 1.35. The van der Waals surface area contributed by atoms with Gasteiger partial charge in [-0.1, -0.05) is 12.1 Å². The van der Waals surface area contributed by atoms with E-state index >= 15 is 0 Å². The number of ether oxygens (including phenoxy) is 1. The Bertz CT molecular complexity index is 629. The number of Topliss-reactive ketones (excluding diaryl/α,β-unsaturated/α-hetero) is 1. The highest BCUT2D eigenvalue weighted by Crippen LogP contribution is 2.60. The average Bonchev–Trinajstić information content (AvgIpc) is 2.59. The third-order valence-corrected chi connectivity index (χ3v) is 6.57. The van der Waals surface area contributed by atoms with Crippen molar-refractivity contribution in [2.45, 2.75) is 44.9 Å². The highest BCUT2D eigenvalue weighted by Gasteiger charge is 2.54. The minimum atomic E-state index is -0.0894. The largest absolute Gasteiger partial charge is 0.486 e. The molecule has 4 aliphatic rings. The summed E-state index contributed by atoms with van der Waals surface area (Å²) in [5.41, 5.74) is 0.854. The van der Waals surface area contributed by atoms with Gasteiger partial charge < -0.3 is 10.1 Å². The third kappa shape index (κ3) is 3.31. The summed E-state index contributed by atoms with van der Waals surface area (Å²) in [5.74, 6) is 3.34. The van der Waals surface area contributed by atoms with Crippen molar-refractivity contribution in [3.63, 3.8) is 0 Å². The number of likely N-dealkylation sites (N-methyl/N-ethyl adjacent to an activating group) is 1. The molecule has 134 valence electrons. The van der Waals surface area contributed by atoms with Crippen LogP contribution in [0.25, 0.3) is 0 Å². The number of carbonyl (C=O) groups excluding carboxylic acids is 2. The third-order valence-electron chi connectivity index (χ3n) is 6.57. The lowest BCUT2D eigenvalue weighted by atomic mass is 9.48. The summed E-state index contributed by atoms with van der Waals surface area (Å²) in [6, 6.07) is 7.48. The lowest BCUT2D eigenvalue weighted by Crippen LogP contribution is -2.51. The van der Waals surface area contributed by atoms with Gasteiger partial charge in [-0.25, -0.2) is 0 Å².